The summed E-state index contributed by atoms with van der Waals surface area (Å²) in [5, 5.41) is 0.973. The van der Waals surface area contributed by atoms with Crippen molar-refractivity contribution in [1.82, 2.24) is 19.5 Å². The third-order valence-corrected chi connectivity index (χ3v) is 4.06. The van der Waals surface area contributed by atoms with Crippen molar-refractivity contribution in [1.29, 1.82) is 0 Å². The van der Waals surface area contributed by atoms with E-state index in [0.717, 1.165) is 32.4 Å². The maximum absolute atomic E-state index is 4.47. The number of aromatic nitrogens is 4. The van der Waals surface area contributed by atoms with Crippen molar-refractivity contribution < 1.29 is 0 Å². The average molecular weight is 339 g/mol. The van der Waals surface area contributed by atoms with E-state index in [1.54, 1.807) is 24.2 Å². The quantitative estimate of drug-likeness (QED) is 0.802. The lowest BCUT2D eigenvalue weighted by Gasteiger charge is -2.04. The summed E-state index contributed by atoms with van der Waals surface area (Å²) >= 11 is 5.12. The van der Waals surface area contributed by atoms with Crippen LogP contribution in [0.4, 0.5) is 0 Å². The molecule has 2 rings (SSSR count). The van der Waals surface area contributed by atoms with Crippen LogP contribution >= 0.6 is 27.7 Å². The monoisotopic (exact) mass is 338 g/mol. The first-order chi connectivity index (χ1) is 9.02. The van der Waals surface area contributed by atoms with Crippen molar-refractivity contribution >= 4 is 39.3 Å². The molecule has 0 amide bonds. The first-order valence-electron chi connectivity index (χ1n) is 5.76. The molecule has 0 aliphatic carbocycles. The lowest BCUT2D eigenvalue weighted by molar-refractivity contribution is 0.784. The van der Waals surface area contributed by atoms with Gasteiger partial charge in [-0.05, 0) is 47.7 Å². The average Bonchev–Trinajstić information content (AvgIpc) is 2.66. The number of imidazole rings is 1. The van der Waals surface area contributed by atoms with Crippen molar-refractivity contribution in [2.75, 3.05) is 6.26 Å². The van der Waals surface area contributed by atoms with Crippen molar-refractivity contribution in [3.05, 3.63) is 34.1 Å². The van der Waals surface area contributed by atoms with E-state index < -0.39 is 0 Å². The van der Waals surface area contributed by atoms with Gasteiger partial charge in [-0.2, -0.15) is 0 Å². The highest BCUT2D eigenvalue weighted by atomic mass is 79.9. The summed E-state index contributed by atoms with van der Waals surface area (Å²) < 4.78 is 2.90. The minimum Gasteiger partial charge on any atom is -0.322 e. The molecule has 0 unspecified atom stereocenters. The molecule has 0 fully saturated rings. The van der Waals surface area contributed by atoms with Gasteiger partial charge in [0.15, 0.2) is 5.16 Å². The molecule has 0 bridgehead atoms. The Hall–Kier alpha value is -1.14. The van der Waals surface area contributed by atoms with Crippen molar-refractivity contribution in [2.45, 2.75) is 19.0 Å². The van der Waals surface area contributed by atoms with E-state index in [1.165, 1.54) is 0 Å². The zero-order valence-electron chi connectivity index (χ0n) is 11.3. The van der Waals surface area contributed by atoms with Gasteiger partial charge in [0, 0.05) is 13.2 Å². The molecule has 0 aromatic carbocycles. The van der Waals surface area contributed by atoms with Crippen molar-refractivity contribution in [2.24, 2.45) is 7.05 Å². The summed E-state index contributed by atoms with van der Waals surface area (Å²) in [6.07, 6.45) is 7.61. The summed E-state index contributed by atoms with van der Waals surface area (Å²) in [5.41, 5.74) is 3.90. The maximum atomic E-state index is 4.47. The third kappa shape index (κ3) is 3.06. The van der Waals surface area contributed by atoms with Crippen LogP contribution in [-0.4, -0.2) is 25.8 Å². The minimum atomic E-state index is 0.847. The Labute approximate surface area is 125 Å². The lowest BCUT2D eigenvalue weighted by atomic mass is 10.2. The topological polar surface area (TPSA) is 43.6 Å². The van der Waals surface area contributed by atoms with Crippen molar-refractivity contribution in [3.8, 4) is 0 Å². The number of rotatable bonds is 3. The van der Waals surface area contributed by atoms with E-state index >= 15 is 0 Å². The molecule has 0 aliphatic heterocycles. The van der Waals surface area contributed by atoms with Gasteiger partial charge in [0.2, 0.25) is 0 Å². The van der Waals surface area contributed by atoms with Crippen LogP contribution in [0.2, 0.25) is 0 Å². The molecule has 0 spiro atoms. The fourth-order valence-electron chi connectivity index (χ4n) is 1.73. The fourth-order valence-corrected chi connectivity index (χ4v) is 2.95. The normalized spacial score (nSPS) is 11.9. The van der Waals surface area contributed by atoms with E-state index in [9.17, 15) is 0 Å². The van der Waals surface area contributed by atoms with Crippen LogP contribution in [0, 0.1) is 6.92 Å². The minimum absolute atomic E-state index is 0.847. The number of aryl methyl sites for hydroxylation is 1. The van der Waals surface area contributed by atoms with E-state index in [4.69, 9.17) is 0 Å². The standard InChI is InChI=1S/C13H15BrN4S/c1-8(10-7-15-6-9(2)16-10)5-11-12(14)17-13(19-4)18(11)3/h5-7H,1-4H3/b8-5+. The fraction of sp³-hybridized carbons (Fsp3) is 0.308. The van der Waals surface area contributed by atoms with Gasteiger partial charge in [-0.25, -0.2) is 4.98 Å². The molecule has 0 radical (unpaired) electrons. The maximum Gasteiger partial charge on any atom is 0.169 e. The van der Waals surface area contributed by atoms with Crippen LogP contribution in [0.25, 0.3) is 11.6 Å². The highest BCUT2D eigenvalue weighted by Crippen LogP contribution is 2.26. The summed E-state index contributed by atoms with van der Waals surface area (Å²) in [5.74, 6) is 0. The molecule has 2 aromatic rings. The summed E-state index contributed by atoms with van der Waals surface area (Å²) in [4.78, 5) is 13.1. The highest BCUT2D eigenvalue weighted by Gasteiger charge is 2.11. The Morgan fingerprint density at radius 1 is 1.37 bits per heavy atom. The van der Waals surface area contributed by atoms with Gasteiger partial charge in [0.05, 0.1) is 23.3 Å². The zero-order chi connectivity index (χ0) is 14.0. The molecule has 6 heteroatoms. The van der Waals surface area contributed by atoms with E-state index in [1.807, 2.05) is 27.2 Å². The summed E-state index contributed by atoms with van der Waals surface area (Å²) in [7, 11) is 2.00. The molecule has 100 valence electrons. The Bertz CT molecular complexity index is 634. The number of nitrogens with zero attached hydrogens (tertiary/aromatic N) is 4. The van der Waals surface area contributed by atoms with Crippen LogP contribution in [0.15, 0.2) is 22.2 Å². The molecule has 19 heavy (non-hydrogen) atoms. The third-order valence-electron chi connectivity index (χ3n) is 2.75. The van der Waals surface area contributed by atoms with Gasteiger partial charge in [-0.1, -0.05) is 11.8 Å². The molecule has 0 N–H and O–H groups in total. The molecule has 2 aromatic heterocycles. The number of halogens is 1. The second kappa shape index (κ2) is 5.88. The molecule has 0 saturated carbocycles. The lowest BCUT2D eigenvalue weighted by Crippen LogP contribution is -1.95. The van der Waals surface area contributed by atoms with Gasteiger partial charge in [-0.3, -0.25) is 9.97 Å². The summed E-state index contributed by atoms with van der Waals surface area (Å²) in [6, 6.07) is 0. The van der Waals surface area contributed by atoms with E-state index in [-0.39, 0.29) is 0 Å². The Morgan fingerprint density at radius 2 is 2.11 bits per heavy atom. The van der Waals surface area contributed by atoms with Gasteiger partial charge in [0.25, 0.3) is 0 Å². The highest BCUT2D eigenvalue weighted by molar-refractivity contribution is 9.10. The smallest absolute Gasteiger partial charge is 0.169 e. The molecular formula is C13H15BrN4S. The first kappa shape index (κ1) is 14.3. The van der Waals surface area contributed by atoms with E-state index in [0.29, 0.717) is 0 Å². The van der Waals surface area contributed by atoms with Crippen LogP contribution in [0.1, 0.15) is 24.0 Å². The second-order valence-electron chi connectivity index (χ2n) is 4.21. The number of hydrogen-bond donors (Lipinski definition) is 0. The van der Waals surface area contributed by atoms with Crippen LogP contribution < -0.4 is 0 Å². The van der Waals surface area contributed by atoms with Gasteiger partial charge < -0.3 is 4.57 Å². The van der Waals surface area contributed by atoms with Crippen LogP contribution in [-0.2, 0) is 7.05 Å². The largest absolute Gasteiger partial charge is 0.322 e. The Kier molecular flexibility index (Phi) is 4.42. The number of allylic oxidation sites excluding steroid dienone is 1. The van der Waals surface area contributed by atoms with E-state index in [2.05, 4.69) is 41.5 Å². The SMILES string of the molecule is CSc1nc(Br)c(/C=C(\C)c2cncc(C)n2)n1C. The summed E-state index contributed by atoms with van der Waals surface area (Å²) in [6.45, 7) is 3.97. The Morgan fingerprint density at radius 3 is 2.68 bits per heavy atom. The Balaban J connectivity index is 2.44. The zero-order valence-corrected chi connectivity index (χ0v) is 13.7. The number of thioether (sulfide) groups is 1. The van der Waals surface area contributed by atoms with Gasteiger partial charge in [0.1, 0.15) is 4.60 Å². The second-order valence-corrected chi connectivity index (χ2v) is 5.73. The molecule has 0 aliphatic rings. The van der Waals surface area contributed by atoms with Crippen molar-refractivity contribution in [3.63, 3.8) is 0 Å². The molecule has 4 nitrogen and oxygen atoms in total. The van der Waals surface area contributed by atoms with Crippen LogP contribution in [0.5, 0.6) is 0 Å². The molecule has 0 saturated heterocycles. The van der Waals surface area contributed by atoms with Gasteiger partial charge >= 0.3 is 0 Å². The predicted octanol–water partition coefficient (Wildman–Crippen LogP) is 3.56. The molecule has 2 heterocycles. The molecular weight excluding hydrogens is 324 g/mol. The molecule has 0 atom stereocenters. The van der Waals surface area contributed by atoms with Gasteiger partial charge in [-0.15, -0.1) is 0 Å². The number of hydrogen-bond acceptors (Lipinski definition) is 4. The first-order valence-corrected chi connectivity index (χ1v) is 7.78. The van der Waals surface area contributed by atoms with Crippen LogP contribution in [0.3, 0.4) is 0 Å². The predicted molar refractivity (Wildman–Crippen MR) is 83.0 cm³/mol.